The summed E-state index contributed by atoms with van der Waals surface area (Å²) in [7, 11) is 0. The van der Waals surface area contributed by atoms with Crippen LogP contribution in [-0.4, -0.2) is 9.78 Å². The summed E-state index contributed by atoms with van der Waals surface area (Å²) in [5.41, 5.74) is 7.77. The highest BCUT2D eigenvalue weighted by molar-refractivity contribution is 7.08. The maximum absolute atomic E-state index is 5.78. The van der Waals surface area contributed by atoms with Crippen molar-refractivity contribution in [2.45, 2.75) is 32.9 Å². The molecule has 4 nitrogen and oxygen atoms in total. The smallest absolute Gasteiger partial charge is 0.0722 e. The number of nitrogens with two attached hydrogens (primary N) is 1. The fourth-order valence-electron chi connectivity index (χ4n) is 2.77. The Balaban J connectivity index is 1.99. The van der Waals surface area contributed by atoms with Crippen molar-refractivity contribution in [1.29, 1.82) is 0 Å². The lowest BCUT2D eigenvalue weighted by Gasteiger charge is -2.15. The second-order valence-electron chi connectivity index (χ2n) is 5.21. The first-order valence-corrected chi connectivity index (χ1v) is 8.12. The van der Waals surface area contributed by atoms with Crippen molar-refractivity contribution in [3.63, 3.8) is 0 Å². The quantitative estimate of drug-likeness (QED) is 0.562. The number of aromatic nitrogens is 2. The summed E-state index contributed by atoms with van der Waals surface area (Å²) < 4.78 is 2.05. The topological polar surface area (TPSA) is 55.9 Å². The lowest BCUT2D eigenvalue weighted by Crippen LogP contribution is -2.29. The van der Waals surface area contributed by atoms with E-state index in [2.05, 4.69) is 59.0 Å². The van der Waals surface area contributed by atoms with Crippen molar-refractivity contribution in [1.82, 2.24) is 15.2 Å². The number of nitrogens with zero attached hydrogens (tertiary/aromatic N) is 2. The molecule has 5 heteroatoms. The van der Waals surface area contributed by atoms with Gasteiger partial charge in [0.05, 0.1) is 17.3 Å². The Kier molecular flexibility index (Phi) is 4.05. The molecule has 1 unspecified atom stereocenters. The summed E-state index contributed by atoms with van der Waals surface area (Å²) in [6, 6.07) is 8.48. The SMILES string of the molecule is CCn1nc(CC(NN)c2cscc2C)c2ccccc21. The number of hydrazine groups is 1. The first-order chi connectivity index (χ1) is 10.2. The van der Waals surface area contributed by atoms with E-state index in [0.29, 0.717) is 0 Å². The van der Waals surface area contributed by atoms with Gasteiger partial charge < -0.3 is 0 Å². The van der Waals surface area contributed by atoms with Crippen LogP contribution in [0.1, 0.15) is 29.8 Å². The van der Waals surface area contributed by atoms with Crippen LogP contribution in [0.3, 0.4) is 0 Å². The normalized spacial score (nSPS) is 12.9. The number of hydrogen-bond acceptors (Lipinski definition) is 4. The summed E-state index contributed by atoms with van der Waals surface area (Å²) in [6.45, 7) is 5.11. The molecule has 0 saturated carbocycles. The molecule has 3 rings (SSSR count). The third-order valence-corrected chi connectivity index (χ3v) is 4.78. The van der Waals surface area contributed by atoms with E-state index in [1.165, 1.54) is 22.0 Å². The molecule has 0 aliphatic carbocycles. The summed E-state index contributed by atoms with van der Waals surface area (Å²) in [4.78, 5) is 0. The van der Waals surface area contributed by atoms with Crippen LogP contribution >= 0.6 is 11.3 Å². The predicted molar refractivity (Wildman–Crippen MR) is 88.2 cm³/mol. The highest BCUT2D eigenvalue weighted by atomic mass is 32.1. The van der Waals surface area contributed by atoms with Crippen LogP contribution in [0.15, 0.2) is 35.0 Å². The molecule has 21 heavy (non-hydrogen) atoms. The zero-order valence-electron chi connectivity index (χ0n) is 12.3. The average molecular weight is 300 g/mol. The van der Waals surface area contributed by atoms with Crippen molar-refractivity contribution in [3.05, 3.63) is 51.8 Å². The number of nitrogens with one attached hydrogen (secondary N) is 1. The van der Waals surface area contributed by atoms with Gasteiger partial charge in [0, 0.05) is 18.4 Å². The third kappa shape index (κ3) is 2.60. The van der Waals surface area contributed by atoms with E-state index in [1.54, 1.807) is 11.3 Å². The molecule has 0 aliphatic heterocycles. The van der Waals surface area contributed by atoms with Gasteiger partial charge in [-0.1, -0.05) is 18.2 Å². The van der Waals surface area contributed by atoms with Gasteiger partial charge in [-0.25, -0.2) is 0 Å². The molecular weight excluding hydrogens is 280 g/mol. The van der Waals surface area contributed by atoms with Crippen molar-refractivity contribution in [2.24, 2.45) is 5.84 Å². The van der Waals surface area contributed by atoms with E-state index in [1.807, 2.05) is 0 Å². The van der Waals surface area contributed by atoms with Gasteiger partial charge in [0.25, 0.3) is 0 Å². The van der Waals surface area contributed by atoms with Crippen LogP contribution in [0.25, 0.3) is 10.9 Å². The second kappa shape index (κ2) is 5.97. The number of thiophene rings is 1. The van der Waals surface area contributed by atoms with Gasteiger partial charge in [-0.15, -0.1) is 0 Å². The van der Waals surface area contributed by atoms with E-state index < -0.39 is 0 Å². The molecule has 0 spiro atoms. The highest BCUT2D eigenvalue weighted by Gasteiger charge is 2.18. The Morgan fingerprint density at radius 1 is 1.33 bits per heavy atom. The maximum Gasteiger partial charge on any atom is 0.0722 e. The molecule has 0 amide bonds. The van der Waals surface area contributed by atoms with Crippen LogP contribution in [0.4, 0.5) is 0 Å². The first-order valence-electron chi connectivity index (χ1n) is 7.17. The Bertz CT molecular complexity index is 744. The van der Waals surface area contributed by atoms with Crippen LogP contribution in [0.2, 0.25) is 0 Å². The molecular formula is C16H20N4S. The van der Waals surface area contributed by atoms with Crippen molar-refractivity contribution in [3.8, 4) is 0 Å². The van der Waals surface area contributed by atoms with E-state index in [4.69, 9.17) is 10.9 Å². The first kappa shape index (κ1) is 14.3. The molecule has 0 aliphatic rings. The van der Waals surface area contributed by atoms with Crippen LogP contribution in [0.5, 0.6) is 0 Å². The van der Waals surface area contributed by atoms with Crippen molar-refractivity contribution >= 4 is 22.2 Å². The molecule has 2 heterocycles. The van der Waals surface area contributed by atoms with E-state index >= 15 is 0 Å². The van der Waals surface area contributed by atoms with Gasteiger partial charge >= 0.3 is 0 Å². The Morgan fingerprint density at radius 2 is 2.14 bits per heavy atom. The average Bonchev–Trinajstić information content (AvgIpc) is 3.09. The van der Waals surface area contributed by atoms with Gasteiger partial charge in [0.2, 0.25) is 0 Å². The number of fused-ring (bicyclic) bond motifs is 1. The molecule has 3 aromatic rings. The van der Waals surface area contributed by atoms with Gasteiger partial charge in [-0.2, -0.15) is 16.4 Å². The monoisotopic (exact) mass is 300 g/mol. The third-order valence-electron chi connectivity index (χ3n) is 3.90. The summed E-state index contributed by atoms with van der Waals surface area (Å²) >= 11 is 1.71. The minimum absolute atomic E-state index is 0.0971. The van der Waals surface area contributed by atoms with Crippen LogP contribution in [0, 0.1) is 6.92 Å². The molecule has 0 radical (unpaired) electrons. The number of benzene rings is 1. The van der Waals surface area contributed by atoms with E-state index in [0.717, 1.165) is 18.7 Å². The standard InChI is InChI=1S/C16H20N4S/c1-3-20-16-7-5-4-6-12(16)15(19-20)8-14(18-17)13-10-21-9-11(13)2/h4-7,9-10,14,18H,3,8,17H2,1-2H3. The summed E-state index contributed by atoms with van der Waals surface area (Å²) in [6.07, 6.45) is 0.793. The Morgan fingerprint density at radius 3 is 2.81 bits per heavy atom. The molecule has 2 aromatic heterocycles. The van der Waals surface area contributed by atoms with E-state index in [9.17, 15) is 0 Å². The van der Waals surface area contributed by atoms with Gasteiger partial charge in [-0.05, 0) is 41.8 Å². The van der Waals surface area contributed by atoms with E-state index in [-0.39, 0.29) is 6.04 Å². The molecule has 110 valence electrons. The van der Waals surface area contributed by atoms with Crippen LogP contribution < -0.4 is 11.3 Å². The minimum atomic E-state index is 0.0971. The molecule has 3 N–H and O–H groups in total. The Hall–Kier alpha value is -1.69. The fourth-order valence-corrected chi connectivity index (χ4v) is 3.67. The zero-order valence-corrected chi connectivity index (χ0v) is 13.2. The second-order valence-corrected chi connectivity index (χ2v) is 5.96. The number of para-hydroxylation sites is 1. The van der Waals surface area contributed by atoms with Gasteiger partial charge in [0.1, 0.15) is 0 Å². The molecule has 1 atom stereocenters. The minimum Gasteiger partial charge on any atom is -0.271 e. The largest absolute Gasteiger partial charge is 0.271 e. The lowest BCUT2D eigenvalue weighted by atomic mass is 10.0. The molecule has 0 bridgehead atoms. The molecule has 0 saturated heterocycles. The Labute approximate surface area is 128 Å². The lowest BCUT2D eigenvalue weighted by molar-refractivity contribution is 0.539. The molecule has 0 fully saturated rings. The molecule has 1 aromatic carbocycles. The predicted octanol–water partition coefficient (Wildman–Crippen LogP) is 3.17. The van der Waals surface area contributed by atoms with Crippen molar-refractivity contribution < 1.29 is 0 Å². The van der Waals surface area contributed by atoms with Crippen LogP contribution in [-0.2, 0) is 13.0 Å². The zero-order chi connectivity index (χ0) is 14.8. The fraction of sp³-hybridized carbons (Fsp3) is 0.312. The number of rotatable bonds is 5. The van der Waals surface area contributed by atoms with Gasteiger partial charge in [0.15, 0.2) is 0 Å². The maximum atomic E-state index is 5.78. The number of hydrogen-bond donors (Lipinski definition) is 2. The van der Waals surface area contributed by atoms with Crippen molar-refractivity contribution in [2.75, 3.05) is 0 Å². The highest BCUT2D eigenvalue weighted by Crippen LogP contribution is 2.27. The van der Waals surface area contributed by atoms with Gasteiger partial charge in [-0.3, -0.25) is 16.0 Å². The summed E-state index contributed by atoms with van der Waals surface area (Å²) in [5, 5.41) is 10.3. The number of aryl methyl sites for hydroxylation is 2. The summed E-state index contributed by atoms with van der Waals surface area (Å²) in [5.74, 6) is 5.78.